The Hall–Kier alpha value is -2.13. The maximum absolute atomic E-state index is 13.8. The lowest BCUT2D eigenvalue weighted by Gasteiger charge is -2.40. The number of halogens is 6. The smallest absolute Gasteiger partial charge is 0.296 e. The van der Waals surface area contributed by atoms with Gasteiger partial charge in [-0.3, -0.25) is 4.57 Å². The highest BCUT2D eigenvalue weighted by molar-refractivity contribution is 7.14. The van der Waals surface area contributed by atoms with Crippen LogP contribution >= 0.6 is 46.1 Å². The normalized spacial score (nSPS) is 15.4. The molecular formula is C23H16Cl3F3N4S. The molecule has 4 aromatic rings. The van der Waals surface area contributed by atoms with Crippen LogP contribution in [-0.2, 0) is 5.41 Å². The number of rotatable bonds is 4. The van der Waals surface area contributed by atoms with Crippen LogP contribution in [0.15, 0.2) is 42.5 Å². The standard InChI is InChI=1S/C23H16Cl3F3N4S/c1-12-18(20-31-32-21(34-20)22(9-2-10-22)23(27,28)29)30-19(16-8-5-14(25)11-17(16)26)33(12)15-6-3-13(24)4-7-15/h3-8,11H,2,9-10H2,1H3. The molecule has 0 aliphatic heterocycles. The highest BCUT2D eigenvalue weighted by Crippen LogP contribution is 2.55. The van der Waals surface area contributed by atoms with Gasteiger partial charge in [-0.25, -0.2) is 4.98 Å². The van der Waals surface area contributed by atoms with Crippen LogP contribution in [0.5, 0.6) is 0 Å². The maximum Gasteiger partial charge on any atom is 0.400 e. The summed E-state index contributed by atoms with van der Waals surface area (Å²) in [5.74, 6) is 0.502. The summed E-state index contributed by atoms with van der Waals surface area (Å²) in [4.78, 5) is 4.77. The molecule has 0 bridgehead atoms. The summed E-state index contributed by atoms with van der Waals surface area (Å²) in [6, 6.07) is 12.2. The van der Waals surface area contributed by atoms with Crippen molar-refractivity contribution in [2.45, 2.75) is 37.8 Å². The molecule has 1 saturated carbocycles. The van der Waals surface area contributed by atoms with Gasteiger partial charge in [0, 0.05) is 21.3 Å². The third-order valence-corrected chi connectivity index (χ3v) is 8.09. The van der Waals surface area contributed by atoms with Gasteiger partial charge < -0.3 is 0 Å². The summed E-state index contributed by atoms with van der Waals surface area (Å²) in [5.41, 5.74) is 0.581. The van der Waals surface area contributed by atoms with E-state index < -0.39 is 11.6 Å². The van der Waals surface area contributed by atoms with Gasteiger partial charge in [0.15, 0.2) is 5.01 Å². The van der Waals surface area contributed by atoms with Crippen molar-refractivity contribution in [1.82, 2.24) is 19.7 Å². The molecule has 0 amide bonds. The van der Waals surface area contributed by atoms with E-state index in [4.69, 9.17) is 39.8 Å². The SMILES string of the molecule is Cc1c(-c2nnc(C3(C(F)(F)F)CCC3)s2)nc(-c2ccc(Cl)cc2Cl)n1-c1ccc(Cl)cc1. The molecule has 34 heavy (non-hydrogen) atoms. The van der Waals surface area contributed by atoms with Gasteiger partial charge in [-0.05, 0) is 62.2 Å². The van der Waals surface area contributed by atoms with Crippen LogP contribution in [0.3, 0.4) is 0 Å². The molecule has 2 heterocycles. The predicted molar refractivity (Wildman–Crippen MR) is 129 cm³/mol. The van der Waals surface area contributed by atoms with Crippen LogP contribution in [0.1, 0.15) is 30.0 Å². The van der Waals surface area contributed by atoms with Crippen LogP contribution in [0.25, 0.3) is 27.8 Å². The largest absolute Gasteiger partial charge is 0.400 e. The first kappa shape index (κ1) is 23.6. The van der Waals surface area contributed by atoms with Crippen molar-refractivity contribution < 1.29 is 13.2 Å². The van der Waals surface area contributed by atoms with Gasteiger partial charge in [-0.15, -0.1) is 10.2 Å². The molecular weight excluding hydrogens is 528 g/mol. The zero-order valence-corrected chi connectivity index (χ0v) is 20.7. The van der Waals surface area contributed by atoms with Crippen molar-refractivity contribution in [3.05, 3.63) is 68.2 Å². The Labute approximate surface area is 212 Å². The summed E-state index contributed by atoms with van der Waals surface area (Å²) < 4.78 is 43.4. The van der Waals surface area contributed by atoms with Gasteiger partial charge >= 0.3 is 6.18 Å². The fraction of sp³-hybridized carbons (Fsp3) is 0.261. The molecule has 2 aromatic carbocycles. The number of imidazole rings is 1. The Morgan fingerprint density at radius 1 is 0.971 bits per heavy atom. The number of aromatic nitrogens is 4. The van der Waals surface area contributed by atoms with Crippen molar-refractivity contribution >= 4 is 46.1 Å². The minimum absolute atomic E-state index is 0.0206. The quantitative estimate of drug-likeness (QED) is 0.260. The molecule has 11 heteroatoms. The summed E-state index contributed by atoms with van der Waals surface area (Å²) in [5, 5.41) is 9.81. The Balaban J connectivity index is 1.68. The van der Waals surface area contributed by atoms with E-state index in [1.807, 2.05) is 23.6 Å². The second-order valence-electron chi connectivity index (χ2n) is 8.15. The van der Waals surface area contributed by atoms with Gasteiger partial charge in [0.05, 0.1) is 10.7 Å². The van der Waals surface area contributed by atoms with E-state index in [2.05, 4.69) is 10.2 Å². The summed E-state index contributed by atoms with van der Waals surface area (Å²) in [6.45, 7) is 1.83. The van der Waals surface area contributed by atoms with Crippen LogP contribution in [0, 0.1) is 6.92 Å². The third kappa shape index (κ3) is 3.81. The van der Waals surface area contributed by atoms with Crippen LogP contribution in [0.2, 0.25) is 15.1 Å². The average molecular weight is 544 g/mol. The van der Waals surface area contributed by atoms with E-state index in [9.17, 15) is 13.2 Å². The molecule has 0 atom stereocenters. The summed E-state index contributed by atoms with van der Waals surface area (Å²) in [7, 11) is 0. The van der Waals surface area contributed by atoms with E-state index in [1.54, 1.807) is 30.3 Å². The zero-order chi connectivity index (χ0) is 24.3. The van der Waals surface area contributed by atoms with Crippen molar-refractivity contribution in [1.29, 1.82) is 0 Å². The first-order valence-electron chi connectivity index (χ1n) is 10.3. The van der Waals surface area contributed by atoms with Crippen molar-refractivity contribution in [3.63, 3.8) is 0 Å². The van der Waals surface area contributed by atoms with Gasteiger partial charge in [0.1, 0.15) is 21.9 Å². The van der Waals surface area contributed by atoms with E-state index in [0.717, 1.165) is 17.0 Å². The molecule has 1 aliphatic carbocycles. The van der Waals surface area contributed by atoms with E-state index >= 15 is 0 Å². The molecule has 4 nitrogen and oxygen atoms in total. The Kier molecular flexibility index (Phi) is 5.91. The zero-order valence-electron chi connectivity index (χ0n) is 17.6. The highest BCUT2D eigenvalue weighted by Gasteiger charge is 2.61. The molecule has 0 unspecified atom stereocenters. The van der Waals surface area contributed by atoms with E-state index in [0.29, 0.717) is 49.3 Å². The molecule has 1 fully saturated rings. The third-order valence-electron chi connectivity index (χ3n) is 6.15. The topological polar surface area (TPSA) is 43.6 Å². The molecule has 2 aromatic heterocycles. The highest BCUT2D eigenvalue weighted by atomic mass is 35.5. The van der Waals surface area contributed by atoms with Gasteiger partial charge in [0.25, 0.3) is 0 Å². The fourth-order valence-corrected chi connectivity index (χ4v) is 5.89. The van der Waals surface area contributed by atoms with E-state index in [1.165, 1.54) is 0 Å². The van der Waals surface area contributed by atoms with Gasteiger partial charge in [0.2, 0.25) is 0 Å². The first-order chi connectivity index (χ1) is 16.1. The Bertz CT molecular complexity index is 1380. The molecule has 1 aliphatic rings. The number of hydrogen-bond acceptors (Lipinski definition) is 4. The average Bonchev–Trinajstić information content (AvgIpc) is 3.32. The Morgan fingerprint density at radius 2 is 1.65 bits per heavy atom. The number of nitrogens with zero attached hydrogens (tertiary/aromatic N) is 4. The lowest BCUT2D eigenvalue weighted by molar-refractivity contribution is -0.212. The molecule has 0 radical (unpaired) electrons. The van der Waals surface area contributed by atoms with Crippen LogP contribution in [-0.4, -0.2) is 25.9 Å². The van der Waals surface area contributed by atoms with Crippen molar-refractivity contribution in [3.8, 4) is 27.8 Å². The number of benzene rings is 2. The molecule has 0 spiro atoms. The maximum atomic E-state index is 13.8. The minimum atomic E-state index is -4.37. The monoisotopic (exact) mass is 542 g/mol. The molecule has 5 rings (SSSR count). The number of hydrogen-bond donors (Lipinski definition) is 0. The van der Waals surface area contributed by atoms with Crippen molar-refractivity contribution in [2.24, 2.45) is 0 Å². The van der Waals surface area contributed by atoms with Crippen LogP contribution < -0.4 is 0 Å². The van der Waals surface area contributed by atoms with Gasteiger partial charge in [-0.2, -0.15) is 13.2 Å². The minimum Gasteiger partial charge on any atom is -0.296 e. The number of alkyl halides is 3. The van der Waals surface area contributed by atoms with Crippen molar-refractivity contribution in [2.75, 3.05) is 0 Å². The fourth-order valence-electron chi connectivity index (χ4n) is 4.12. The molecule has 176 valence electrons. The molecule has 0 saturated heterocycles. The van der Waals surface area contributed by atoms with Crippen LogP contribution in [0.4, 0.5) is 13.2 Å². The second-order valence-corrected chi connectivity index (χ2v) is 10.4. The van der Waals surface area contributed by atoms with E-state index in [-0.39, 0.29) is 17.8 Å². The lowest BCUT2D eigenvalue weighted by Crippen LogP contribution is -2.47. The predicted octanol–water partition coefficient (Wildman–Crippen LogP) is 8.31. The Morgan fingerprint density at radius 3 is 2.24 bits per heavy atom. The summed E-state index contributed by atoms with van der Waals surface area (Å²) in [6.07, 6.45) is -3.82. The first-order valence-corrected chi connectivity index (χ1v) is 12.3. The summed E-state index contributed by atoms with van der Waals surface area (Å²) >= 11 is 19.6. The van der Waals surface area contributed by atoms with Gasteiger partial charge in [-0.1, -0.05) is 52.6 Å². The molecule has 0 N–H and O–H groups in total. The lowest BCUT2D eigenvalue weighted by atomic mass is 9.68. The second kappa shape index (κ2) is 8.52.